The van der Waals surface area contributed by atoms with Crippen LogP contribution in [0.25, 0.3) is 0 Å². The molecule has 0 aliphatic rings. The number of carbonyl (C=O) groups is 1. The van der Waals surface area contributed by atoms with Crippen LogP contribution in [0.15, 0.2) is 12.1 Å². The number of hydrogen-bond acceptors (Lipinski definition) is 4. The zero-order chi connectivity index (χ0) is 15.5. The fraction of sp³-hybridized carbons (Fsp3) is 0.500. The van der Waals surface area contributed by atoms with Gasteiger partial charge in [0.1, 0.15) is 23.2 Å². The second kappa shape index (κ2) is 6.09. The fourth-order valence-corrected chi connectivity index (χ4v) is 1.91. The number of halogens is 1. The molecule has 1 aromatic rings. The number of nitrogens with two attached hydrogens (primary N) is 1. The summed E-state index contributed by atoms with van der Waals surface area (Å²) in [5, 5.41) is 8.87. The van der Waals surface area contributed by atoms with Crippen LogP contribution in [0.2, 0.25) is 0 Å². The molecule has 0 spiro atoms. The minimum atomic E-state index is -1.63. The maximum absolute atomic E-state index is 14.2. The van der Waals surface area contributed by atoms with Crippen LogP contribution in [0.1, 0.15) is 25.0 Å². The van der Waals surface area contributed by atoms with Gasteiger partial charge >= 0.3 is 5.97 Å². The maximum Gasteiger partial charge on any atom is 0.320 e. The second-order valence-corrected chi connectivity index (χ2v) is 4.99. The monoisotopic (exact) mass is 285 g/mol. The average molecular weight is 285 g/mol. The highest BCUT2D eigenvalue weighted by Gasteiger charge is 2.26. The predicted octanol–water partition coefficient (Wildman–Crippen LogP) is 1.86. The molecule has 0 amide bonds. The Morgan fingerprint density at radius 3 is 2.30 bits per heavy atom. The highest BCUT2D eigenvalue weighted by Crippen LogP contribution is 2.37. The van der Waals surface area contributed by atoms with Crippen molar-refractivity contribution in [3.05, 3.63) is 23.3 Å². The molecule has 0 aromatic heterocycles. The Balaban J connectivity index is 3.32. The minimum absolute atomic E-state index is 0.0472. The lowest BCUT2D eigenvalue weighted by Crippen LogP contribution is -2.32. The molecule has 3 N–H and O–H groups in total. The molecule has 1 rings (SSSR count). The van der Waals surface area contributed by atoms with Gasteiger partial charge in [-0.25, -0.2) is 4.39 Å². The van der Waals surface area contributed by atoms with Gasteiger partial charge in [-0.2, -0.15) is 0 Å². The summed E-state index contributed by atoms with van der Waals surface area (Å²) in [5.41, 5.74) is 4.76. The third-order valence-corrected chi connectivity index (χ3v) is 3.00. The van der Waals surface area contributed by atoms with Gasteiger partial charge in [0, 0.05) is 18.1 Å². The first-order valence-electron chi connectivity index (χ1n) is 6.13. The first-order chi connectivity index (χ1) is 9.20. The first kappa shape index (κ1) is 16.2. The van der Waals surface area contributed by atoms with Crippen LogP contribution in [-0.2, 0) is 16.9 Å². The van der Waals surface area contributed by atoms with Crippen molar-refractivity contribution in [2.24, 2.45) is 5.73 Å². The molecule has 5 nitrogen and oxygen atoms in total. The van der Waals surface area contributed by atoms with Gasteiger partial charge in [-0.15, -0.1) is 0 Å². The van der Waals surface area contributed by atoms with Crippen LogP contribution in [-0.4, -0.2) is 31.3 Å². The Morgan fingerprint density at radius 1 is 1.35 bits per heavy atom. The van der Waals surface area contributed by atoms with E-state index < -0.39 is 17.7 Å². The van der Waals surface area contributed by atoms with Crippen molar-refractivity contribution in [3.63, 3.8) is 0 Å². The molecule has 1 atom stereocenters. The van der Waals surface area contributed by atoms with E-state index in [4.69, 9.17) is 20.3 Å². The van der Waals surface area contributed by atoms with Gasteiger partial charge in [0.05, 0.1) is 14.2 Å². The van der Waals surface area contributed by atoms with E-state index in [1.54, 1.807) is 12.1 Å². The van der Waals surface area contributed by atoms with E-state index in [2.05, 4.69) is 0 Å². The smallest absolute Gasteiger partial charge is 0.320 e. The highest BCUT2D eigenvalue weighted by atomic mass is 19.1. The van der Waals surface area contributed by atoms with E-state index in [9.17, 15) is 9.18 Å². The number of benzene rings is 1. The number of aliphatic carboxylic acids is 1. The van der Waals surface area contributed by atoms with Crippen molar-refractivity contribution in [2.45, 2.75) is 32.0 Å². The standard InChI is InChI=1S/C14H20FNO4/c1-14(2,15)9-5-8(6-10(16)13(17)18)11(19-3)7-12(9)20-4/h5,7,10H,6,16H2,1-4H3,(H,17,18). The SMILES string of the molecule is COc1cc(OC)c(C(C)(C)F)cc1CC(N)C(=O)O. The van der Waals surface area contributed by atoms with E-state index >= 15 is 0 Å². The molecule has 0 fully saturated rings. The number of hydrogen-bond donors (Lipinski definition) is 2. The van der Waals surface area contributed by atoms with E-state index in [1.165, 1.54) is 28.1 Å². The molecule has 0 saturated heterocycles. The second-order valence-electron chi connectivity index (χ2n) is 4.99. The Morgan fingerprint density at radius 2 is 1.90 bits per heavy atom. The van der Waals surface area contributed by atoms with Gasteiger partial charge in [-0.05, 0) is 25.5 Å². The van der Waals surface area contributed by atoms with Gasteiger partial charge in [-0.3, -0.25) is 4.79 Å². The van der Waals surface area contributed by atoms with Crippen molar-refractivity contribution < 1.29 is 23.8 Å². The van der Waals surface area contributed by atoms with Gasteiger partial charge in [0.2, 0.25) is 0 Å². The van der Waals surface area contributed by atoms with Crippen LogP contribution < -0.4 is 15.2 Å². The fourth-order valence-electron chi connectivity index (χ4n) is 1.91. The lowest BCUT2D eigenvalue weighted by atomic mass is 9.94. The Labute approximate surface area is 117 Å². The molecule has 0 radical (unpaired) electrons. The summed E-state index contributed by atoms with van der Waals surface area (Å²) in [6.07, 6.45) is 0.0472. The lowest BCUT2D eigenvalue weighted by molar-refractivity contribution is -0.138. The summed E-state index contributed by atoms with van der Waals surface area (Å²) in [7, 11) is 2.89. The first-order valence-corrected chi connectivity index (χ1v) is 6.13. The molecule has 6 heteroatoms. The number of carboxylic acid groups (broad SMARTS) is 1. The molecule has 0 saturated carbocycles. The Bertz CT molecular complexity index is 497. The molecular formula is C14H20FNO4. The van der Waals surface area contributed by atoms with Gasteiger partial charge in [0.15, 0.2) is 0 Å². The number of alkyl halides is 1. The number of rotatable bonds is 6. The summed E-state index contributed by atoms with van der Waals surface area (Å²) in [6.45, 7) is 2.80. The Kier molecular flexibility index (Phi) is 4.94. The third kappa shape index (κ3) is 3.60. The predicted molar refractivity (Wildman–Crippen MR) is 73.0 cm³/mol. The van der Waals surface area contributed by atoms with Crippen molar-refractivity contribution in [2.75, 3.05) is 14.2 Å². The number of methoxy groups -OCH3 is 2. The number of ether oxygens (including phenoxy) is 2. The van der Waals surface area contributed by atoms with Crippen LogP contribution in [0.5, 0.6) is 11.5 Å². The summed E-state index contributed by atoms with van der Waals surface area (Å²) in [5.74, 6) is -0.350. The van der Waals surface area contributed by atoms with E-state index in [0.29, 0.717) is 22.6 Å². The van der Waals surface area contributed by atoms with Gasteiger partial charge < -0.3 is 20.3 Å². The summed E-state index contributed by atoms with van der Waals surface area (Å²) in [4.78, 5) is 10.8. The molecule has 0 bridgehead atoms. The largest absolute Gasteiger partial charge is 0.496 e. The summed E-state index contributed by atoms with van der Waals surface area (Å²) >= 11 is 0. The molecule has 0 aliphatic heterocycles. The van der Waals surface area contributed by atoms with Crippen LogP contribution in [0.3, 0.4) is 0 Å². The van der Waals surface area contributed by atoms with E-state index in [-0.39, 0.29) is 6.42 Å². The molecule has 1 unspecified atom stereocenters. The number of carboxylic acids is 1. The maximum atomic E-state index is 14.2. The van der Waals surface area contributed by atoms with E-state index in [1.807, 2.05) is 0 Å². The zero-order valence-electron chi connectivity index (χ0n) is 12.1. The summed E-state index contributed by atoms with van der Waals surface area (Å²) in [6, 6.07) is 2.01. The zero-order valence-corrected chi connectivity index (χ0v) is 12.1. The topological polar surface area (TPSA) is 81.8 Å². The quantitative estimate of drug-likeness (QED) is 0.833. The molecule has 0 heterocycles. The molecule has 20 heavy (non-hydrogen) atoms. The lowest BCUT2D eigenvalue weighted by Gasteiger charge is -2.21. The Hall–Kier alpha value is -1.82. The van der Waals surface area contributed by atoms with Crippen molar-refractivity contribution in [1.29, 1.82) is 0 Å². The van der Waals surface area contributed by atoms with Crippen molar-refractivity contribution in [3.8, 4) is 11.5 Å². The molecule has 1 aromatic carbocycles. The molecule has 0 aliphatic carbocycles. The van der Waals surface area contributed by atoms with Crippen LogP contribution >= 0.6 is 0 Å². The minimum Gasteiger partial charge on any atom is -0.496 e. The third-order valence-electron chi connectivity index (χ3n) is 3.00. The summed E-state index contributed by atoms with van der Waals surface area (Å²) < 4.78 is 24.6. The van der Waals surface area contributed by atoms with E-state index in [0.717, 1.165) is 0 Å². The average Bonchev–Trinajstić information content (AvgIpc) is 2.36. The highest BCUT2D eigenvalue weighted by molar-refractivity contribution is 5.73. The van der Waals surface area contributed by atoms with Crippen molar-refractivity contribution >= 4 is 5.97 Å². The molecular weight excluding hydrogens is 265 g/mol. The van der Waals surface area contributed by atoms with Crippen LogP contribution in [0, 0.1) is 0 Å². The normalized spacial score (nSPS) is 12.9. The van der Waals surface area contributed by atoms with Gasteiger partial charge in [0.25, 0.3) is 0 Å². The van der Waals surface area contributed by atoms with Crippen molar-refractivity contribution in [1.82, 2.24) is 0 Å². The van der Waals surface area contributed by atoms with Crippen LogP contribution in [0.4, 0.5) is 4.39 Å². The van der Waals surface area contributed by atoms with Gasteiger partial charge in [-0.1, -0.05) is 0 Å². The molecule has 112 valence electrons.